The zero-order valence-corrected chi connectivity index (χ0v) is 17.7. The predicted octanol–water partition coefficient (Wildman–Crippen LogP) is 2.76. The van der Waals surface area contributed by atoms with E-state index in [0.717, 1.165) is 0 Å². The zero-order valence-electron chi connectivity index (χ0n) is 17.7. The first-order valence-corrected chi connectivity index (χ1v) is 9.55. The maximum atomic E-state index is 13.0. The third-order valence-corrected chi connectivity index (χ3v) is 5.19. The van der Waals surface area contributed by atoms with Gasteiger partial charge in [0.15, 0.2) is 0 Å². The first-order chi connectivity index (χ1) is 15.4. The number of benzene rings is 2. The number of anilines is 1. The van der Waals surface area contributed by atoms with Gasteiger partial charge in [0, 0.05) is 0 Å². The van der Waals surface area contributed by atoms with E-state index in [0.29, 0.717) is 22.4 Å². The molecular weight excluding hydrogens is 408 g/mol. The normalized spacial score (nSPS) is 15.7. The molecule has 1 atom stereocenters. The van der Waals surface area contributed by atoms with E-state index in [1.165, 1.54) is 25.2 Å². The minimum Gasteiger partial charge on any atom is -0.466 e. The Hall–Kier alpha value is -4.56. The third-order valence-electron chi connectivity index (χ3n) is 5.19. The Kier molecular flexibility index (Phi) is 6.27. The van der Waals surface area contributed by atoms with Gasteiger partial charge in [0.25, 0.3) is 0 Å². The second-order valence-corrected chi connectivity index (χ2v) is 6.95. The van der Waals surface area contributed by atoms with E-state index in [4.69, 9.17) is 15.2 Å². The van der Waals surface area contributed by atoms with Crippen LogP contribution in [0.5, 0.6) is 0 Å². The number of hydrogen-bond acceptors (Lipinski definition) is 8. The van der Waals surface area contributed by atoms with E-state index in [9.17, 15) is 20.1 Å². The first kappa shape index (κ1) is 22.1. The fraction of sp³-hybridized carbons (Fsp3) is 0.167. The molecule has 0 radical (unpaired) electrons. The van der Waals surface area contributed by atoms with Crippen LogP contribution in [0.2, 0.25) is 0 Å². The number of nitrogens with two attached hydrogens (primary N) is 1. The Bertz CT molecular complexity index is 1230. The van der Waals surface area contributed by atoms with Gasteiger partial charge < -0.3 is 15.2 Å². The Morgan fingerprint density at radius 1 is 1.00 bits per heavy atom. The minimum atomic E-state index is -0.946. The van der Waals surface area contributed by atoms with Gasteiger partial charge in [0.05, 0.1) is 54.7 Å². The minimum absolute atomic E-state index is 0.0485. The van der Waals surface area contributed by atoms with Crippen LogP contribution in [0.4, 0.5) is 5.69 Å². The SMILES string of the molecule is COC(=O)C1=C(C(=O)OC)N(c2cc(C#N)ccc2C)C(N)=C(C#N)C1c1ccccc1. The summed E-state index contributed by atoms with van der Waals surface area (Å²) in [5.74, 6) is -2.64. The van der Waals surface area contributed by atoms with Crippen molar-refractivity contribution in [3.05, 3.63) is 87.9 Å². The van der Waals surface area contributed by atoms with E-state index >= 15 is 0 Å². The summed E-state index contributed by atoms with van der Waals surface area (Å²) in [7, 11) is 2.37. The fourth-order valence-electron chi connectivity index (χ4n) is 3.68. The van der Waals surface area contributed by atoms with Gasteiger partial charge in [0.1, 0.15) is 11.5 Å². The number of ether oxygens (including phenoxy) is 2. The summed E-state index contributed by atoms with van der Waals surface area (Å²) in [4.78, 5) is 27.3. The van der Waals surface area contributed by atoms with Gasteiger partial charge in [0.2, 0.25) is 0 Å². The lowest BCUT2D eigenvalue weighted by molar-refractivity contribution is -0.139. The standard InChI is InChI=1S/C24H20N4O4/c1-14-9-10-15(12-25)11-18(14)28-21(24(30)32-3)20(23(29)31-2)19(17(13-26)22(28)27)16-7-5-4-6-8-16/h4-11,19H,27H2,1-3H3. The van der Waals surface area contributed by atoms with E-state index in [1.54, 1.807) is 49.4 Å². The molecule has 3 rings (SSSR count). The highest BCUT2D eigenvalue weighted by Gasteiger charge is 2.43. The Morgan fingerprint density at radius 2 is 1.66 bits per heavy atom. The lowest BCUT2D eigenvalue weighted by atomic mass is 9.80. The lowest BCUT2D eigenvalue weighted by Crippen LogP contribution is -2.41. The second kappa shape index (κ2) is 9.07. The van der Waals surface area contributed by atoms with Gasteiger partial charge in [-0.3, -0.25) is 4.90 Å². The number of methoxy groups -OCH3 is 2. The maximum Gasteiger partial charge on any atom is 0.355 e. The summed E-state index contributed by atoms with van der Waals surface area (Å²) in [6.07, 6.45) is 0. The van der Waals surface area contributed by atoms with Crippen LogP contribution in [-0.4, -0.2) is 26.2 Å². The van der Waals surface area contributed by atoms with Crippen molar-refractivity contribution >= 4 is 17.6 Å². The number of nitrogens with zero attached hydrogens (tertiary/aromatic N) is 3. The number of nitriles is 2. The smallest absolute Gasteiger partial charge is 0.355 e. The molecule has 0 spiro atoms. The summed E-state index contributed by atoms with van der Waals surface area (Å²) in [6, 6.07) is 17.7. The van der Waals surface area contributed by atoms with Gasteiger partial charge in [-0.1, -0.05) is 36.4 Å². The van der Waals surface area contributed by atoms with Crippen molar-refractivity contribution in [2.75, 3.05) is 19.1 Å². The number of carbonyl (C=O) groups is 2. The van der Waals surface area contributed by atoms with Crippen LogP contribution in [-0.2, 0) is 19.1 Å². The summed E-state index contributed by atoms with van der Waals surface area (Å²) in [5, 5.41) is 19.4. The molecule has 2 N–H and O–H groups in total. The van der Waals surface area contributed by atoms with E-state index in [-0.39, 0.29) is 22.7 Å². The Morgan fingerprint density at radius 3 is 2.22 bits per heavy atom. The molecule has 0 amide bonds. The van der Waals surface area contributed by atoms with Crippen LogP contribution in [0.15, 0.2) is 71.2 Å². The van der Waals surface area contributed by atoms with Crippen molar-refractivity contribution < 1.29 is 19.1 Å². The van der Waals surface area contributed by atoms with Crippen LogP contribution in [0.3, 0.4) is 0 Å². The molecule has 0 aromatic heterocycles. The average molecular weight is 428 g/mol. The molecule has 1 unspecified atom stereocenters. The third kappa shape index (κ3) is 3.66. The van der Waals surface area contributed by atoms with Gasteiger partial charge in [-0.25, -0.2) is 9.59 Å². The molecule has 2 aromatic carbocycles. The highest BCUT2D eigenvalue weighted by molar-refractivity contribution is 6.06. The molecule has 2 aromatic rings. The van der Waals surface area contributed by atoms with Gasteiger partial charge in [-0.05, 0) is 30.2 Å². The topological polar surface area (TPSA) is 129 Å². The van der Waals surface area contributed by atoms with Crippen LogP contribution in [0.25, 0.3) is 0 Å². The number of allylic oxidation sites excluding steroid dienone is 1. The molecule has 1 heterocycles. The number of hydrogen-bond donors (Lipinski definition) is 1. The molecule has 32 heavy (non-hydrogen) atoms. The lowest BCUT2D eigenvalue weighted by Gasteiger charge is -2.36. The number of carbonyl (C=O) groups excluding carboxylic acids is 2. The quantitative estimate of drug-likeness (QED) is 0.736. The molecule has 160 valence electrons. The van der Waals surface area contributed by atoms with Crippen molar-refractivity contribution in [3.8, 4) is 12.1 Å². The fourth-order valence-corrected chi connectivity index (χ4v) is 3.68. The van der Waals surface area contributed by atoms with E-state index in [1.807, 2.05) is 6.07 Å². The van der Waals surface area contributed by atoms with Gasteiger partial charge in [-0.15, -0.1) is 0 Å². The molecule has 0 saturated carbocycles. The highest BCUT2D eigenvalue weighted by atomic mass is 16.5. The van der Waals surface area contributed by atoms with Crippen molar-refractivity contribution in [1.82, 2.24) is 0 Å². The van der Waals surface area contributed by atoms with Crippen LogP contribution < -0.4 is 10.6 Å². The molecular formula is C24H20N4O4. The summed E-state index contributed by atoms with van der Waals surface area (Å²) >= 11 is 0. The molecule has 0 aliphatic carbocycles. The molecule has 8 heteroatoms. The monoisotopic (exact) mass is 428 g/mol. The summed E-state index contributed by atoms with van der Waals surface area (Å²) in [5.41, 5.74) is 8.16. The zero-order chi connectivity index (χ0) is 23.4. The Balaban J connectivity index is 2.46. The van der Waals surface area contributed by atoms with Crippen molar-refractivity contribution in [1.29, 1.82) is 10.5 Å². The summed E-state index contributed by atoms with van der Waals surface area (Å²) in [6.45, 7) is 1.76. The van der Waals surface area contributed by atoms with Crippen molar-refractivity contribution in [3.63, 3.8) is 0 Å². The number of esters is 2. The molecule has 0 fully saturated rings. The predicted molar refractivity (Wildman–Crippen MR) is 115 cm³/mol. The Labute approximate surface area is 185 Å². The molecule has 1 aliphatic heterocycles. The molecule has 0 bridgehead atoms. The van der Waals surface area contributed by atoms with Crippen LogP contribution in [0, 0.1) is 29.6 Å². The van der Waals surface area contributed by atoms with Gasteiger partial charge >= 0.3 is 11.9 Å². The van der Waals surface area contributed by atoms with Crippen molar-refractivity contribution in [2.45, 2.75) is 12.8 Å². The second-order valence-electron chi connectivity index (χ2n) is 6.95. The first-order valence-electron chi connectivity index (χ1n) is 9.55. The largest absolute Gasteiger partial charge is 0.466 e. The van der Waals surface area contributed by atoms with Crippen molar-refractivity contribution in [2.24, 2.45) is 5.73 Å². The van der Waals surface area contributed by atoms with E-state index < -0.39 is 17.9 Å². The number of aryl methyl sites for hydroxylation is 1. The molecule has 8 nitrogen and oxygen atoms in total. The van der Waals surface area contributed by atoms with Crippen LogP contribution >= 0.6 is 0 Å². The molecule has 0 saturated heterocycles. The average Bonchev–Trinajstić information content (AvgIpc) is 2.83. The van der Waals surface area contributed by atoms with Crippen LogP contribution in [0.1, 0.15) is 22.6 Å². The maximum absolute atomic E-state index is 13.0. The summed E-state index contributed by atoms with van der Waals surface area (Å²) < 4.78 is 9.99. The highest BCUT2D eigenvalue weighted by Crippen LogP contribution is 2.43. The van der Waals surface area contributed by atoms with E-state index in [2.05, 4.69) is 6.07 Å². The van der Waals surface area contributed by atoms with Gasteiger partial charge in [-0.2, -0.15) is 10.5 Å². The molecule has 1 aliphatic rings. The number of rotatable bonds is 4.